The highest BCUT2D eigenvalue weighted by Gasteiger charge is 1.80. The molecule has 70 valence electrons. The van der Waals surface area contributed by atoms with Crippen LogP contribution in [-0.4, -0.2) is 24.2 Å². The van der Waals surface area contributed by atoms with Crippen molar-refractivity contribution < 1.29 is 9.90 Å². The first-order valence-corrected chi connectivity index (χ1v) is 3.61. The van der Waals surface area contributed by atoms with Crippen molar-refractivity contribution in [2.75, 3.05) is 13.1 Å². The maximum Gasteiger partial charge on any atom is 0.303 e. The van der Waals surface area contributed by atoms with Crippen LogP contribution in [0.4, 0.5) is 0 Å². The van der Waals surface area contributed by atoms with Crippen molar-refractivity contribution in [1.82, 2.24) is 5.32 Å². The molecule has 0 heterocycles. The molecule has 0 atom stereocenters. The third-order valence-corrected chi connectivity index (χ3v) is 0.802. The molecule has 0 saturated heterocycles. The molecule has 0 amide bonds. The van der Waals surface area contributed by atoms with E-state index < -0.39 is 5.97 Å². The van der Waals surface area contributed by atoms with Crippen molar-refractivity contribution in [3.05, 3.63) is 0 Å². The summed E-state index contributed by atoms with van der Waals surface area (Å²) in [5.41, 5.74) is 0. The number of carbonyl (C=O) groups is 1. The molecule has 0 aliphatic heterocycles. The second kappa shape index (κ2) is 16.4. The zero-order chi connectivity index (χ0) is 8.41. The van der Waals surface area contributed by atoms with Gasteiger partial charge in [-0.2, -0.15) is 0 Å². The molecule has 0 aliphatic rings. The summed E-state index contributed by atoms with van der Waals surface area (Å²) in [6.07, 6.45) is 0.222. The Bertz CT molecular complexity index is 76.8. The minimum Gasteiger partial charge on any atom is -0.481 e. The van der Waals surface area contributed by atoms with Crippen molar-refractivity contribution in [3.8, 4) is 0 Å². The molecule has 0 saturated carbocycles. The lowest BCUT2D eigenvalue weighted by atomic mass is 10.5. The molecule has 0 aliphatic carbocycles. The molecule has 0 fully saturated rings. The van der Waals surface area contributed by atoms with Crippen LogP contribution in [0.3, 0.4) is 0 Å². The van der Waals surface area contributed by atoms with Gasteiger partial charge in [0.15, 0.2) is 0 Å². The number of nitrogens with one attached hydrogen (secondary N) is 1. The predicted molar refractivity (Wildman–Crippen MR) is 49.4 cm³/mol. The van der Waals surface area contributed by atoms with Crippen molar-refractivity contribution in [2.45, 2.75) is 27.2 Å². The monoisotopic (exact) mass is 183 g/mol. The number of carboxylic acids is 1. The van der Waals surface area contributed by atoms with Gasteiger partial charge in [-0.3, -0.25) is 4.79 Å². The maximum absolute atomic E-state index is 9.37. The van der Waals surface area contributed by atoms with Gasteiger partial charge in [0.25, 0.3) is 0 Å². The Hall–Kier alpha value is -0.280. The third-order valence-electron chi connectivity index (χ3n) is 0.802. The van der Waals surface area contributed by atoms with Gasteiger partial charge in [-0.25, -0.2) is 0 Å². The molecule has 0 radical (unpaired) electrons. The Balaban J connectivity index is -0.000000107. The van der Waals surface area contributed by atoms with E-state index in [0.29, 0.717) is 0 Å². The minimum absolute atomic E-state index is 0. The highest BCUT2D eigenvalue weighted by Crippen LogP contribution is 1.67. The van der Waals surface area contributed by atoms with Gasteiger partial charge in [-0.05, 0) is 13.1 Å². The first kappa shape index (κ1) is 17.0. The summed E-state index contributed by atoms with van der Waals surface area (Å²) in [7, 11) is 0. The van der Waals surface area contributed by atoms with Crippen molar-refractivity contribution in [2.24, 2.45) is 0 Å². The molecular formula is C7H18ClNO2. The number of rotatable bonds is 3. The largest absolute Gasteiger partial charge is 0.481 e. The number of halogens is 1. The van der Waals surface area contributed by atoms with Crippen LogP contribution in [-0.2, 0) is 4.79 Å². The van der Waals surface area contributed by atoms with Crippen LogP contribution in [0.1, 0.15) is 27.2 Å². The Labute approximate surface area is 74.6 Å². The summed E-state index contributed by atoms with van der Waals surface area (Å²) in [4.78, 5) is 9.37. The zero-order valence-electron chi connectivity index (χ0n) is 7.39. The van der Waals surface area contributed by atoms with Gasteiger partial charge in [-0.1, -0.05) is 20.8 Å². The molecule has 0 aromatic heterocycles. The first-order valence-electron chi connectivity index (χ1n) is 3.61. The van der Waals surface area contributed by atoms with Crippen molar-refractivity contribution in [1.29, 1.82) is 0 Å². The average Bonchev–Trinajstić information content (AvgIpc) is 1.91. The van der Waals surface area contributed by atoms with Gasteiger partial charge in [0.05, 0.1) is 0 Å². The smallest absolute Gasteiger partial charge is 0.303 e. The molecule has 4 heteroatoms. The summed E-state index contributed by atoms with van der Waals surface area (Å²) in [6, 6.07) is 0. The molecule has 0 bridgehead atoms. The zero-order valence-corrected chi connectivity index (χ0v) is 8.20. The minimum atomic E-state index is -0.745. The van der Waals surface area contributed by atoms with E-state index in [1.807, 2.05) is 0 Å². The molecule has 0 spiro atoms. The van der Waals surface area contributed by atoms with E-state index in [1.54, 1.807) is 6.92 Å². The summed E-state index contributed by atoms with van der Waals surface area (Å²) in [6.45, 7) is 7.99. The molecule has 2 N–H and O–H groups in total. The van der Waals surface area contributed by atoms with Crippen LogP contribution in [0.2, 0.25) is 0 Å². The van der Waals surface area contributed by atoms with Gasteiger partial charge >= 0.3 is 5.97 Å². The predicted octanol–water partition coefficient (Wildman–Crippen LogP) is 1.52. The fraction of sp³-hybridized carbons (Fsp3) is 0.857. The highest BCUT2D eigenvalue weighted by atomic mass is 35.5. The number of carboxylic acid groups (broad SMARTS) is 1. The van der Waals surface area contributed by atoms with Crippen LogP contribution in [0.25, 0.3) is 0 Å². The average molecular weight is 184 g/mol. The van der Waals surface area contributed by atoms with Crippen LogP contribution in [0, 0.1) is 0 Å². The van der Waals surface area contributed by atoms with E-state index in [2.05, 4.69) is 19.2 Å². The van der Waals surface area contributed by atoms with Crippen LogP contribution in [0.15, 0.2) is 0 Å². The standard InChI is InChI=1S/C4H11N.C3H6O2.ClH/c1-3-5-4-2;1-2-3(4)5;/h5H,3-4H2,1-2H3;2H2,1H3,(H,4,5);1H. The van der Waals surface area contributed by atoms with Gasteiger partial charge in [-0.15, -0.1) is 12.4 Å². The topological polar surface area (TPSA) is 49.3 Å². The quantitative estimate of drug-likeness (QED) is 0.698. The molecule has 0 aromatic rings. The Morgan fingerprint density at radius 2 is 1.55 bits per heavy atom. The molecular weight excluding hydrogens is 166 g/mol. The fourth-order valence-electron chi connectivity index (χ4n) is 0.250. The Morgan fingerprint density at radius 1 is 1.27 bits per heavy atom. The Morgan fingerprint density at radius 3 is 1.55 bits per heavy atom. The normalized spacial score (nSPS) is 7.18. The lowest BCUT2D eigenvalue weighted by Gasteiger charge is -1.86. The van der Waals surface area contributed by atoms with Crippen molar-refractivity contribution in [3.63, 3.8) is 0 Å². The first-order chi connectivity index (χ1) is 4.68. The summed E-state index contributed by atoms with van der Waals surface area (Å²) in [5, 5.41) is 10.8. The second-order valence-electron chi connectivity index (χ2n) is 1.70. The van der Waals surface area contributed by atoms with Gasteiger partial charge in [0.2, 0.25) is 0 Å². The van der Waals surface area contributed by atoms with Crippen LogP contribution < -0.4 is 5.32 Å². The van der Waals surface area contributed by atoms with E-state index in [1.165, 1.54) is 0 Å². The maximum atomic E-state index is 9.37. The van der Waals surface area contributed by atoms with Gasteiger partial charge < -0.3 is 10.4 Å². The molecule has 0 rings (SSSR count). The summed E-state index contributed by atoms with van der Waals surface area (Å²) in [5.74, 6) is -0.745. The Kier molecular flexibility index (Phi) is 25.3. The highest BCUT2D eigenvalue weighted by molar-refractivity contribution is 5.85. The molecule has 11 heavy (non-hydrogen) atoms. The van der Waals surface area contributed by atoms with E-state index in [4.69, 9.17) is 5.11 Å². The molecule has 0 aromatic carbocycles. The number of hydrogen-bond donors (Lipinski definition) is 2. The lowest BCUT2D eigenvalue weighted by Crippen LogP contribution is -2.09. The van der Waals surface area contributed by atoms with E-state index in [9.17, 15) is 4.79 Å². The SMILES string of the molecule is CCC(=O)O.CCNCC.Cl. The van der Waals surface area contributed by atoms with Gasteiger partial charge in [0, 0.05) is 6.42 Å². The van der Waals surface area contributed by atoms with Gasteiger partial charge in [0.1, 0.15) is 0 Å². The van der Waals surface area contributed by atoms with E-state index in [-0.39, 0.29) is 18.8 Å². The summed E-state index contributed by atoms with van der Waals surface area (Å²) >= 11 is 0. The van der Waals surface area contributed by atoms with E-state index >= 15 is 0 Å². The fourth-order valence-corrected chi connectivity index (χ4v) is 0.250. The molecule has 3 nitrogen and oxygen atoms in total. The third kappa shape index (κ3) is 41.9. The second-order valence-corrected chi connectivity index (χ2v) is 1.70. The summed E-state index contributed by atoms with van der Waals surface area (Å²) < 4.78 is 0. The number of aliphatic carboxylic acids is 1. The number of hydrogen-bond acceptors (Lipinski definition) is 2. The molecule has 0 unspecified atom stereocenters. The van der Waals surface area contributed by atoms with Crippen molar-refractivity contribution >= 4 is 18.4 Å². The lowest BCUT2D eigenvalue weighted by molar-refractivity contribution is -0.136. The van der Waals surface area contributed by atoms with Crippen LogP contribution in [0.5, 0.6) is 0 Å². The van der Waals surface area contributed by atoms with E-state index in [0.717, 1.165) is 13.1 Å². The van der Waals surface area contributed by atoms with Crippen LogP contribution >= 0.6 is 12.4 Å².